The molecule has 3 rings (SSSR count). The maximum Gasteiger partial charge on any atom is 0.324 e. The maximum atomic E-state index is 13.8. The molecule has 0 saturated carbocycles. The van der Waals surface area contributed by atoms with E-state index in [1.54, 1.807) is 36.4 Å². The van der Waals surface area contributed by atoms with Gasteiger partial charge in [-0.05, 0) is 17.7 Å². The Bertz CT molecular complexity index is 1060. The van der Waals surface area contributed by atoms with Gasteiger partial charge >= 0.3 is 6.03 Å². The lowest BCUT2D eigenvalue weighted by molar-refractivity contribution is 0.0950. The van der Waals surface area contributed by atoms with Crippen LogP contribution < -0.4 is 10.2 Å². The number of nitrogens with one attached hydrogen (secondary N) is 1. The minimum absolute atomic E-state index is 0.217. The standard InChI is InChI=1S/C21H20F3N5O2S/c1-25-32-27-6-3-7-29-19-8-13(4-5-14(19)12-28(2)21(29)31)20(30)26-11-16-17(23)9-15(22)10-18(16)24/h4-6,8-10H,1,3,7,11-12H2,2H3,(H,26,30)/b27-6-. The van der Waals surface area contributed by atoms with Crippen molar-refractivity contribution in [1.82, 2.24) is 10.2 Å². The van der Waals surface area contributed by atoms with Crippen LogP contribution in [0, 0.1) is 17.5 Å². The van der Waals surface area contributed by atoms with Crippen LogP contribution in [0.25, 0.3) is 0 Å². The summed E-state index contributed by atoms with van der Waals surface area (Å²) in [6.45, 7) is 3.56. The molecule has 1 heterocycles. The van der Waals surface area contributed by atoms with Crippen molar-refractivity contribution in [3.05, 3.63) is 64.5 Å². The van der Waals surface area contributed by atoms with Crippen LogP contribution in [0.1, 0.15) is 27.9 Å². The van der Waals surface area contributed by atoms with Crippen molar-refractivity contribution in [3.8, 4) is 0 Å². The number of amides is 3. The van der Waals surface area contributed by atoms with Gasteiger partial charge in [0.2, 0.25) is 0 Å². The summed E-state index contributed by atoms with van der Waals surface area (Å²) in [6.07, 6.45) is 2.07. The van der Waals surface area contributed by atoms with E-state index in [9.17, 15) is 22.8 Å². The SMILES string of the molecule is C=NS/N=C\CCN1C(=O)N(C)Cc2ccc(C(=O)NCc3c(F)cc(F)cc3F)cc21. The summed E-state index contributed by atoms with van der Waals surface area (Å²) in [5.41, 5.74) is 1.19. The van der Waals surface area contributed by atoms with Crippen molar-refractivity contribution in [1.29, 1.82) is 0 Å². The third-order valence-electron chi connectivity index (χ3n) is 4.80. The molecule has 2 aromatic carbocycles. The number of fused-ring (bicyclic) bond motifs is 1. The first-order valence-corrected chi connectivity index (χ1v) is 10.3. The average molecular weight is 463 g/mol. The molecule has 1 aliphatic rings. The van der Waals surface area contributed by atoms with Crippen LogP contribution in [-0.4, -0.2) is 43.4 Å². The molecule has 0 atom stereocenters. The van der Waals surface area contributed by atoms with Gasteiger partial charge in [-0.1, -0.05) is 6.07 Å². The second kappa shape index (κ2) is 10.3. The van der Waals surface area contributed by atoms with Gasteiger partial charge in [0.15, 0.2) is 0 Å². The maximum absolute atomic E-state index is 13.8. The highest BCUT2D eigenvalue weighted by atomic mass is 32.2. The summed E-state index contributed by atoms with van der Waals surface area (Å²) in [4.78, 5) is 28.3. The van der Waals surface area contributed by atoms with Crippen LogP contribution >= 0.6 is 12.1 Å². The fraction of sp³-hybridized carbons (Fsp3) is 0.238. The number of carbonyl (C=O) groups is 2. The van der Waals surface area contributed by atoms with Crippen LogP contribution in [-0.2, 0) is 13.1 Å². The van der Waals surface area contributed by atoms with Crippen LogP contribution in [0.4, 0.5) is 23.7 Å². The second-order valence-corrected chi connectivity index (χ2v) is 7.58. The van der Waals surface area contributed by atoms with Crippen LogP contribution in [0.15, 0.2) is 39.1 Å². The monoisotopic (exact) mass is 463 g/mol. The fourth-order valence-corrected chi connectivity index (χ4v) is 3.50. The van der Waals surface area contributed by atoms with Crippen LogP contribution in [0.2, 0.25) is 0 Å². The number of urea groups is 1. The first-order valence-electron chi connectivity index (χ1n) is 9.53. The number of carbonyl (C=O) groups excluding carboxylic acids is 2. The zero-order valence-electron chi connectivity index (χ0n) is 17.1. The van der Waals surface area contributed by atoms with E-state index in [2.05, 4.69) is 20.8 Å². The van der Waals surface area contributed by atoms with E-state index >= 15 is 0 Å². The molecule has 0 spiro atoms. The lowest BCUT2D eigenvalue weighted by Gasteiger charge is -2.35. The van der Waals surface area contributed by atoms with Gasteiger partial charge < -0.3 is 10.2 Å². The molecule has 11 heteroatoms. The minimum atomic E-state index is -1.08. The summed E-state index contributed by atoms with van der Waals surface area (Å²) in [7, 11) is 1.68. The third kappa shape index (κ3) is 5.28. The fourth-order valence-electron chi connectivity index (χ4n) is 3.26. The lowest BCUT2D eigenvalue weighted by atomic mass is 10.0. The molecule has 1 N–H and O–H groups in total. The summed E-state index contributed by atoms with van der Waals surface area (Å²) < 4.78 is 48.2. The molecule has 3 amide bonds. The van der Waals surface area contributed by atoms with Crippen molar-refractivity contribution in [3.63, 3.8) is 0 Å². The Hall–Kier alpha value is -3.34. The number of halogens is 3. The minimum Gasteiger partial charge on any atom is -0.348 e. The molecule has 0 saturated heterocycles. The van der Waals surface area contributed by atoms with Crippen molar-refractivity contribution in [2.24, 2.45) is 8.80 Å². The summed E-state index contributed by atoms with van der Waals surface area (Å²) in [5.74, 6) is -3.79. The quantitative estimate of drug-likeness (QED) is 0.472. The largest absolute Gasteiger partial charge is 0.348 e. The van der Waals surface area contributed by atoms with Crippen LogP contribution in [0.5, 0.6) is 0 Å². The van der Waals surface area contributed by atoms with E-state index in [0.717, 1.165) is 17.7 Å². The Morgan fingerprint density at radius 3 is 2.66 bits per heavy atom. The van der Waals surface area contributed by atoms with Gasteiger partial charge in [0, 0.05) is 69.3 Å². The number of nitrogens with zero attached hydrogens (tertiary/aromatic N) is 4. The molecule has 0 radical (unpaired) electrons. The van der Waals surface area contributed by atoms with E-state index in [4.69, 9.17) is 0 Å². The summed E-state index contributed by atoms with van der Waals surface area (Å²) in [6, 6.07) is 5.73. The third-order valence-corrected chi connectivity index (χ3v) is 5.15. The predicted molar refractivity (Wildman–Crippen MR) is 118 cm³/mol. The van der Waals surface area contributed by atoms with Crippen molar-refractivity contribution in [2.75, 3.05) is 18.5 Å². The topological polar surface area (TPSA) is 77.4 Å². The Morgan fingerprint density at radius 1 is 1.25 bits per heavy atom. The van der Waals surface area contributed by atoms with Gasteiger partial charge in [0.1, 0.15) is 29.6 Å². The Labute approximate surface area is 187 Å². The molecule has 0 unspecified atom stereocenters. The molecular formula is C21H20F3N5O2S. The highest BCUT2D eigenvalue weighted by Crippen LogP contribution is 2.29. The van der Waals surface area contributed by atoms with Crippen molar-refractivity contribution < 1.29 is 22.8 Å². The highest BCUT2D eigenvalue weighted by Gasteiger charge is 2.28. The van der Waals surface area contributed by atoms with Gasteiger partial charge in [-0.3, -0.25) is 9.69 Å². The first-order chi connectivity index (χ1) is 15.3. The zero-order chi connectivity index (χ0) is 23.3. The number of rotatable bonds is 8. The van der Waals surface area contributed by atoms with Gasteiger partial charge in [-0.25, -0.2) is 26.8 Å². The molecule has 0 bridgehead atoms. The highest BCUT2D eigenvalue weighted by molar-refractivity contribution is 7.96. The van der Waals surface area contributed by atoms with Gasteiger partial charge in [-0.2, -0.15) is 0 Å². The molecule has 0 aliphatic carbocycles. The Morgan fingerprint density at radius 2 is 1.97 bits per heavy atom. The molecule has 1 aliphatic heterocycles. The van der Waals surface area contributed by atoms with E-state index in [1.165, 1.54) is 4.90 Å². The van der Waals surface area contributed by atoms with E-state index in [-0.39, 0.29) is 11.6 Å². The first kappa shape index (κ1) is 23.3. The molecule has 7 nitrogen and oxygen atoms in total. The van der Waals surface area contributed by atoms with Crippen molar-refractivity contribution in [2.45, 2.75) is 19.5 Å². The molecule has 168 valence electrons. The number of hydrogen-bond donors (Lipinski definition) is 1. The number of benzene rings is 2. The summed E-state index contributed by atoms with van der Waals surface area (Å²) in [5, 5.41) is 2.43. The summed E-state index contributed by atoms with van der Waals surface area (Å²) >= 11 is 0.937. The van der Waals surface area contributed by atoms with Gasteiger partial charge in [0.05, 0.1) is 5.69 Å². The molecular weight excluding hydrogens is 443 g/mol. The Kier molecular flexibility index (Phi) is 7.52. The zero-order valence-corrected chi connectivity index (χ0v) is 18.0. The molecule has 0 aromatic heterocycles. The number of anilines is 1. The molecule has 2 aromatic rings. The number of hydrogen-bond acceptors (Lipinski definition) is 5. The molecule has 32 heavy (non-hydrogen) atoms. The van der Waals surface area contributed by atoms with E-state index in [0.29, 0.717) is 37.3 Å². The van der Waals surface area contributed by atoms with Gasteiger partial charge in [-0.15, -0.1) is 0 Å². The normalized spacial score (nSPS) is 13.4. The lowest BCUT2D eigenvalue weighted by Crippen LogP contribution is -2.45. The average Bonchev–Trinajstić information content (AvgIpc) is 2.74. The van der Waals surface area contributed by atoms with E-state index in [1.807, 2.05) is 0 Å². The molecule has 0 fully saturated rings. The predicted octanol–water partition coefficient (Wildman–Crippen LogP) is 4.13. The Balaban J connectivity index is 1.77. The van der Waals surface area contributed by atoms with Crippen LogP contribution in [0.3, 0.4) is 0 Å². The van der Waals surface area contributed by atoms with Gasteiger partial charge in [0.25, 0.3) is 5.91 Å². The van der Waals surface area contributed by atoms with E-state index < -0.39 is 35.5 Å². The van der Waals surface area contributed by atoms with Crippen molar-refractivity contribution >= 4 is 42.7 Å². The second-order valence-electron chi connectivity index (χ2n) is 6.95. The smallest absolute Gasteiger partial charge is 0.324 e.